The van der Waals surface area contributed by atoms with Crippen molar-refractivity contribution >= 4 is 33.3 Å². The van der Waals surface area contributed by atoms with Crippen molar-refractivity contribution in [2.45, 2.75) is 180 Å². The summed E-state index contributed by atoms with van der Waals surface area (Å²) >= 11 is 0. The van der Waals surface area contributed by atoms with Gasteiger partial charge >= 0.3 is 0 Å². The molecule has 0 saturated carbocycles. The van der Waals surface area contributed by atoms with Crippen LogP contribution in [0.2, 0.25) is 72.5 Å². The summed E-state index contributed by atoms with van der Waals surface area (Å²) in [5.74, 6) is 0. The fourth-order valence-electron chi connectivity index (χ4n) is 3.20. The van der Waals surface area contributed by atoms with Gasteiger partial charge in [0.25, 0.3) is 0 Å². The number of ether oxygens (including phenoxy) is 1. The van der Waals surface area contributed by atoms with Gasteiger partial charge in [-0.3, -0.25) is 0 Å². The molecular weight excluding hydrogens is 543 g/mol. The molecule has 0 amide bonds. The summed E-state index contributed by atoms with van der Waals surface area (Å²) in [4.78, 5) is 0. The van der Waals surface area contributed by atoms with Crippen LogP contribution in [-0.2, 0) is 22.4 Å². The summed E-state index contributed by atoms with van der Waals surface area (Å²) in [5, 5.41) is 0.308. The van der Waals surface area contributed by atoms with Gasteiger partial charge < -0.3 is 22.4 Å². The van der Waals surface area contributed by atoms with Crippen LogP contribution in [0.1, 0.15) is 83.1 Å². The summed E-state index contributed by atoms with van der Waals surface area (Å²) in [6.45, 7) is 46.4. The molecule has 1 fully saturated rings. The highest BCUT2D eigenvalue weighted by molar-refractivity contribution is 6.75. The molecule has 1 rings (SSSR count). The normalized spacial score (nSPS) is 25.3. The molecule has 38 heavy (non-hydrogen) atoms. The minimum atomic E-state index is -2.16. The van der Waals surface area contributed by atoms with Crippen molar-refractivity contribution < 1.29 is 22.4 Å². The largest absolute Gasteiger partial charge is 0.414 e. The van der Waals surface area contributed by atoms with Crippen LogP contribution in [0.25, 0.3) is 0 Å². The molecule has 1 aliphatic rings. The van der Waals surface area contributed by atoms with Crippen molar-refractivity contribution in [3.63, 3.8) is 0 Å². The van der Waals surface area contributed by atoms with E-state index >= 15 is 0 Å². The predicted molar refractivity (Wildman–Crippen MR) is 174 cm³/mol. The van der Waals surface area contributed by atoms with Crippen LogP contribution in [0.4, 0.5) is 0 Å². The molecule has 0 aromatic rings. The first-order chi connectivity index (χ1) is 16.4. The van der Waals surface area contributed by atoms with Crippen molar-refractivity contribution in [3.05, 3.63) is 0 Å². The van der Waals surface area contributed by atoms with Gasteiger partial charge in [0.2, 0.25) is 0 Å². The zero-order valence-electron chi connectivity index (χ0n) is 29.1. The fraction of sp³-hybridized carbons (Fsp3) is 1.00. The number of hydrogen-bond donors (Lipinski definition) is 0. The molecule has 0 N–H and O–H groups in total. The van der Waals surface area contributed by atoms with Gasteiger partial charge in [0.05, 0.1) is 6.61 Å². The average molecular weight is 609 g/mol. The second-order valence-electron chi connectivity index (χ2n) is 17.7. The highest BCUT2D eigenvalue weighted by Gasteiger charge is 2.56. The first-order valence-corrected chi connectivity index (χ1v) is 26.3. The lowest BCUT2D eigenvalue weighted by Gasteiger charge is -2.45. The topological polar surface area (TPSA) is 46.2 Å². The van der Waals surface area contributed by atoms with E-state index in [2.05, 4.69) is 135 Å². The molecule has 228 valence electrons. The van der Waals surface area contributed by atoms with Crippen LogP contribution in [0, 0.1) is 0 Å². The lowest BCUT2D eigenvalue weighted by molar-refractivity contribution is -0.120. The van der Waals surface area contributed by atoms with Gasteiger partial charge in [-0.25, -0.2) is 0 Å². The molecule has 1 saturated heterocycles. The first-order valence-electron chi connectivity index (χ1n) is 14.7. The van der Waals surface area contributed by atoms with E-state index in [1.54, 1.807) is 0 Å². The first kappa shape index (κ1) is 36.7. The monoisotopic (exact) mass is 608 g/mol. The van der Waals surface area contributed by atoms with E-state index in [9.17, 15) is 0 Å². The van der Waals surface area contributed by atoms with Gasteiger partial charge in [0, 0.05) is 0 Å². The molecule has 0 spiro atoms. The third-order valence-electron chi connectivity index (χ3n) is 10.4. The molecular formula is C29H66O5Si4. The lowest BCUT2D eigenvalue weighted by Crippen LogP contribution is -2.56. The molecule has 9 heteroatoms. The van der Waals surface area contributed by atoms with Crippen LogP contribution < -0.4 is 0 Å². The van der Waals surface area contributed by atoms with Gasteiger partial charge in [0.15, 0.2) is 39.6 Å². The maximum atomic E-state index is 7.21. The van der Waals surface area contributed by atoms with Crippen molar-refractivity contribution in [2.75, 3.05) is 6.61 Å². The van der Waals surface area contributed by atoms with Crippen molar-refractivity contribution in [1.82, 2.24) is 0 Å². The van der Waals surface area contributed by atoms with Crippen LogP contribution in [0.15, 0.2) is 0 Å². The van der Waals surface area contributed by atoms with E-state index in [0.717, 1.165) is 0 Å². The Labute approximate surface area is 242 Å². The van der Waals surface area contributed by atoms with E-state index < -0.39 is 39.6 Å². The Bertz CT molecular complexity index is 783. The Morgan fingerprint density at radius 3 is 1.29 bits per heavy atom. The minimum Gasteiger partial charge on any atom is -0.414 e. The molecule has 0 radical (unpaired) electrons. The van der Waals surface area contributed by atoms with Gasteiger partial charge in [-0.1, -0.05) is 83.1 Å². The highest BCUT2D eigenvalue weighted by Crippen LogP contribution is 2.46. The Morgan fingerprint density at radius 2 is 0.921 bits per heavy atom. The molecule has 0 aromatic heterocycles. The maximum Gasteiger partial charge on any atom is 0.195 e. The molecule has 0 aromatic carbocycles. The lowest BCUT2D eigenvalue weighted by atomic mass is 10.2. The molecule has 5 nitrogen and oxygen atoms in total. The van der Waals surface area contributed by atoms with E-state index in [0.29, 0.717) is 6.61 Å². The second kappa shape index (κ2) is 11.4. The van der Waals surface area contributed by atoms with Gasteiger partial charge in [-0.2, -0.15) is 0 Å². The minimum absolute atomic E-state index is 0.0589. The van der Waals surface area contributed by atoms with Gasteiger partial charge in [0.1, 0.15) is 18.3 Å². The van der Waals surface area contributed by atoms with E-state index in [1.807, 2.05) is 0 Å². The summed E-state index contributed by atoms with van der Waals surface area (Å²) < 4.78 is 35.0. The Morgan fingerprint density at radius 1 is 0.553 bits per heavy atom. The van der Waals surface area contributed by atoms with E-state index in [1.165, 1.54) is 0 Å². The zero-order valence-corrected chi connectivity index (χ0v) is 33.1. The predicted octanol–water partition coefficient (Wildman–Crippen LogP) is 9.54. The summed E-state index contributed by atoms with van der Waals surface area (Å²) in [7, 11) is -8.43. The maximum absolute atomic E-state index is 7.21. The second-order valence-corrected chi connectivity index (χ2v) is 36.8. The summed E-state index contributed by atoms with van der Waals surface area (Å²) in [6, 6.07) is 0. The van der Waals surface area contributed by atoms with Crippen LogP contribution >= 0.6 is 0 Å². The third-order valence-corrected chi connectivity index (χ3v) is 28.3. The Balaban J connectivity index is 3.61. The smallest absolute Gasteiger partial charge is 0.195 e. The van der Waals surface area contributed by atoms with Crippen molar-refractivity contribution in [3.8, 4) is 0 Å². The standard InChI is InChI=1S/C29H66O5Si4/c1-26(2,3)35(13,14)30-21-22-23(32-36(15,16)27(4,5)6)24(33-37(17,18)28(7,8)9)25(31-22)34-38(19,20)29(10,11)12/h22-25H,21H2,1-20H3/t22-,23-,24+,25-/m1/s1/i25+2. The molecule has 0 unspecified atom stereocenters. The van der Waals surface area contributed by atoms with Crippen LogP contribution in [0.3, 0.4) is 0 Å². The Kier molecular flexibility index (Phi) is 11.0. The fourth-order valence-corrected chi connectivity index (χ4v) is 7.93. The summed E-state index contributed by atoms with van der Waals surface area (Å²) in [6.07, 6.45) is -1.22. The molecule has 1 heterocycles. The van der Waals surface area contributed by atoms with E-state index in [-0.39, 0.29) is 38.5 Å². The van der Waals surface area contributed by atoms with E-state index in [4.69, 9.17) is 22.4 Å². The van der Waals surface area contributed by atoms with Crippen molar-refractivity contribution in [2.24, 2.45) is 0 Å². The quantitative estimate of drug-likeness (QED) is 0.244. The molecule has 1 aliphatic heterocycles. The highest BCUT2D eigenvalue weighted by atomic mass is 28.4. The molecule has 0 bridgehead atoms. The van der Waals surface area contributed by atoms with Crippen LogP contribution in [-0.4, -0.2) is 64.5 Å². The summed E-state index contributed by atoms with van der Waals surface area (Å²) in [5.41, 5.74) is 0. The van der Waals surface area contributed by atoms with Crippen molar-refractivity contribution in [1.29, 1.82) is 0 Å². The van der Waals surface area contributed by atoms with Gasteiger partial charge in [-0.05, 0) is 72.5 Å². The SMILES string of the molecule is CC(C)(C)[Si](C)(C)OC[C@H]1O[14C@H](O[Si](C)(C)C(C)(C)C)[C@@H](O[Si](C)(C)C(C)(C)C)[C@@H]1O[Si](C)(C)C(C)(C)C. The van der Waals surface area contributed by atoms with Gasteiger partial charge in [-0.15, -0.1) is 0 Å². The molecule has 0 aliphatic carbocycles. The average Bonchev–Trinajstić information content (AvgIpc) is 2.91. The third kappa shape index (κ3) is 8.60. The number of hydrogen-bond acceptors (Lipinski definition) is 5. The Hall–Kier alpha value is 0.668. The molecule has 4 atom stereocenters. The van der Waals surface area contributed by atoms with Crippen LogP contribution in [0.5, 0.6) is 0 Å². The zero-order chi connectivity index (χ0) is 30.6. The number of rotatable bonds is 9.